The molecule has 0 saturated heterocycles. The zero-order valence-corrected chi connectivity index (χ0v) is 8.46. The second kappa shape index (κ2) is 3.35. The zero-order valence-electron chi connectivity index (χ0n) is 8.46. The fourth-order valence-corrected chi connectivity index (χ4v) is 2.41. The molecule has 1 nitrogen and oxygen atoms in total. The topological polar surface area (TPSA) is 26.0 Å². The number of halogens is 1. The Hall–Kier alpha value is -0.890. The minimum absolute atomic E-state index is 0.0848. The first-order valence-corrected chi connectivity index (χ1v) is 5.12. The van der Waals surface area contributed by atoms with Crippen LogP contribution in [0, 0.1) is 5.82 Å². The Morgan fingerprint density at radius 2 is 2.29 bits per heavy atom. The smallest absolute Gasteiger partial charge is 0.123 e. The molecule has 0 spiro atoms. The molecule has 0 aromatic heterocycles. The van der Waals surface area contributed by atoms with Crippen LogP contribution >= 0.6 is 0 Å². The van der Waals surface area contributed by atoms with Gasteiger partial charge in [0.2, 0.25) is 0 Å². The second-order valence-electron chi connectivity index (χ2n) is 4.57. The Bertz CT molecular complexity index is 337. The average molecular weight is 193 g/mol. The van der Waals surface area contributed by atoms with Crippen molar-refractivity contribution < 1.29 is 4.39 Å². The Morgan fingerprint density at radius 1 is 1.50 bits per heavy atom. The summed E-state index contributed by atoms with van der Waals surface area (Å²) in [5.41, 5.74) is 7.07. The number of benzene rings is 1. The van der Waals surface area contributed by atoms with E-state index in [2.05, 4.69) is 6.92 Å². The molecule has 1 saturated carbocycles. The van der Waals surface area contributed by atoms with Crippen molar-refractivity contribution in [3.63, 3.8) is 0 Å². The predicted octanol–water partition coefficient (Wildman–Crippen LogP) is 2.59. The lowest BCUT2D eigenvalue weighted by Gasteiger charge is -2.24. The molecule has 2 N–H and O–H groups in total. The summed E-state index contributed by atoms with van der Waals surface area (Å²) < 4.78 is 13.1. The van der Waals surface area contributed by atoms with Gasteiger partial charge in [-0.3, -0.25) is 0 Å². The highest BCUT2D eigenvalue weighted by Crippen LogP contribution is 2.40. The molecule has 0 heterocycles. The van der Waals surface area contributed by atoms with Gasteiger partial charge in [0.1, 0.15) is 5.82 Å². The number of hydrogen-bond donors (Lipinski definition) is 1. The summed E-state index contributed by atoms with van der Waals surface area (Å²) in [7, 11) is 0. The van der Waals surface area contributed by atoms with Crippen LogP contribution in [0.5, 0.6) is 0 Å². The summed E-state index contributed by atoms with van der Waals surface area (Å²) in [5.74, 6) is -0.149. The molecule has 2 unspecified atom stereocenters. The van der Waals surface area contributed by atoms with Gasteiger partial charge in [0, 0.05) is 6.04 Å². The van der Waals surface area contributed by atoms with E-state index in [9.17, 15) is 4.39 Å². The molecule has 14 heavy (non-hydrogen) atoms. The summed E-state index contributed by atoms with van der Waals surface area (Å²) in [6, 6.07) is 7.18. The van der Waals surface area contributed by atoms with E-state index in [0.717, 1.165) is 24.8 Å². The standard InChI is InChI=1S/C12H16FN/c1-12(6-5-11(14)8-12)9-3-2-4-10(13)7-9/h2-4,7,11H,5-6,8,14H2,1H3. The van der Waals surface area contributed by atoms with Crippen molar-refractivity contribution in [3.8, 4) is 0 Å². The monoisotopic (exact) mass is 193 g/mol. The van der Waals surface area contributed by atoms with Crippen LogP contribution in [-0.2, 0) is 5.41 Å². The van der Waals surface area contributed by atoms with Gasteiger partial charge < -0.3 is 5.73 Å². The molecular formula is C12H16FN. The van der Waals surface area contributed by atoms with Crippen LogP contribution in [0.1, 0.15) is 31.7 Å². The van der Waals surface area contributed by atoms with Crippen molar-refractivity contribution in [3.05, 3.63) is 35.6 Å². The summed E-state index contributed by atoms with van der Waals surface area (Å²) in [6.07, 6.45) is 3.08. The third-order valence-corrected chi connectivity index (χ3v) is 3.30. The SMILES string of the molecule is CC1(c2cccc(F)c2)CCC(N)C1. The van der Waals surface area contributed by atoms with Gasteiger partial charge in [-0.15, -0.1) is 0 Å². The summed E-state index contributed by atoms with van der Waals surface area (Å²) in [4.78, 5) is 0. The van der Waals surface area contributed by atoms with E-state index in [1.807, 2.05) is 6.07 Å². The molecule has 0 aliphatic heterocycles. The van der Waals surface area contributed by atoms with Gasteiger partial charge >= 0.3 is 0 Å². The van der Waals surface area contributed by atoms with Gasteiger partial charge in [-0.05, 0) is 42.4 Å². The first-order valence-electron chi connectivity index (χ1n) is 5.12. The highest BCUT2D eigenvalue weighted by atomic mass is 19.1. The van der Waals surface area contributed by atoms with Crippen molar-refractivity contribution in [2.24, 2.45) is 5.73 Å². The molecule has 2 heteroatoms. The first kappa shape index (κ1) is 9.66. The number of hydrogen-bond acceptors (Lipinski definition) is 1. The maximum Gasteiger partial charge on any atom is 0.123 e. The lowest BCUT2D eigenvalue weighted by molar-refractivity contribution is 0.477. The van der Waals surface area contributed by atoms with E-state index < -0.39 is 0 Å². The van der Waals surface area contributed by atoms with Crippen LogP contribution in [0.4, 0.5) is 4.39 Å². The van der Waals surface area contributed by atoms with E-state index in [4.69, 9.17) is 5.73 Å². The maximum atomic E-state index is 13.1. The predicted molar refractivity (Wildman–Crippen MR) is 55.6 cm³/mol. The molecule has 2 atom stereocenters. The molecule has 1 aliphatic carbocycles. The van der Waals surface area contributed by atoms with Crippen LogP contribution in [0.2, 0.25) is 0 Å². The van der Waals surface area contributed by atoms with Gasteiger partial charge in [0.15, 0.2) is 0 Å². The normalized spacial score (nSPS) is 32.1. The van der Waals surface area contributed by atoms with E-state index in [1.165, 1.54) is 6.07 Å². The molecule has 0 bridgehead atoms. The van der Waals surface area contributed by atoms with Gasteiger partial charge in [0.05, 0.1) is 0 Å². The number of nitrogens with two attached hydrogens (primary N) is 1. The summed E-state index contributed by atoms with van der Waals surface area (Å²) >= 11 is 0. The molecule has 1 aromatic carbocycles. The Balaban J connectivity index is 2.30. The third kappa shape index (κ3) is 1.67. The molecular weight excluding hydrogens is 177 g/mol. The van der Waals surface area contributed by atoms with Crippen molar-refractivity contribution in [2.45, 2.75) is 37.6 Å². The maximum absolute atomic E-state index is 13.1. The quantitative estimate of drug-likeness (QED) is 0.729. The van der Waals surface area contributed by atoms with Crippen LogP contribution in [0.25, 0.3) is 0 Å². The molecule has 76 valence electrons. The third-order valence-electron chi connectivity index (χ3n) is 3.30. The fourth-order valence-electron chi connectivity index (χ4n) is 2.41. The molecule has 0 amide bonds. The van der Waals surface area contributed by atoms with Crippen LogP contribution < -0.4 is 5.73 Å². The lowest BCUT2D eigenvalue weighted by atomic mass is 9.81. The minimum atomic E-state index is -0.149. The highest BCUT2D eigenvalue weighted by molar-refractivity contribution is 5.27. The van der Waals surface area contributed by atoms with Gasteiger partial charge in [0.25, 0.3) is 0 Å². The van der Waals surface area contributed by atoms with Crippen molar-refractivity contribution in [1.82, 2.24) is 0 Å². The molecule has 1 aromatic rings. The molecule has 1 fully saturated rings. The summed E-state index contributed by atoms with van der Waals surface area (Å²) in [6.45, 7) is 2.18. The lowest BCUT2D eigenvalue weighted by Crippen LogP contribution is -2.22. The van der Waals surface area contributed by atoms with Crippen LogP contribution in [0.15, 0.2) is 24.3 Å². The van der Waals surface area contributed by atoms with Gasteiger partial charge in [-0.2, -0.15) is 0 Å². The molecule has 1 aliphatic rings. The fraction of sp³-hybridized carbons (Fsp3) is 0.500. The molecule has 0 radical (unpaired) electrons. The highest BCUT2D eigenvalue weighted by Gasteiger charge is 2.34. The Kier molecular flexibility index (Phi) is 2.31. The van der Waals surface area contributed by atoms with Gasteiger partial charge in [-0.25, -0.2) is 4.39 Å². The van der Waals surface area contributed by atoms with Gasteiger partial charge in [-0.1, -0.05) is 19.1 Å². The minimum Gasteiger partial charge on any atom is -0.328 e. The van der Waals surface area contributed by atoms with Crippen molar-refractivity contribution in [2.75, 3.05) is 0 Å². The van der Waals surface area contributed by atoms with E-state index in [0.29, 0.717) is 0 Å². The van der Waals surface area contributed by atoms with Crippen LogP contribution in [0.3, 0.4) is 0 Å². The van der Waals surface area contributed by atoms with Crippen LogP contribution in [-0.4, -0.2) is 6.04 Å². The Labute approximate surface area is 84.1 Å². The van der Waals surface area contributed by atoms with E-state index >= 15 is 0 Å². The molecule has 2 rings (SSSR count). The largest absolute Gasteiger partial charge is 0.328 e. The first-order chi connectivity index (χ1) is 6.60. The van der Waals surface area contributed by atoms with E-state index in [1.54, 1.807) is 12.1 Å². The van der Waals surface area contributed by atoms with E-state index in [-0.39, 0.29) is 17.3 Å². The zero-order chi connectivity index (χ0) is 10.2. The number of rotatable bonds is 1. The van der Waals surface area contributed by atoms with Crippen molar-refractivity contribution >= 4 is 0 Å². The average Bonchev–Trinajstić information content (AvgIpc) is 2.48. The second-order valence-corrected chi connectivity index (χ2v) is 4.57. The Morgan fingerprint density at radius 3 is 2.86 bits per heavy atom. The summed E-state index contributed by atoms with van der Waals surface area (Å²) in [5, 5.41) is 0. The van der Waals surface area contributed by atoms with Crippen molar-refractivity contribution in [1.29, 1.82) is 0 Å².